The van der Waals surface area contributed by atoms with Gasteiger partial charge in [0.1, 0.15) is 5.82 Å². The lowest BCUT2D eigenvalue weighted by Gasteiger charge is -2.14. The number of benzene rings is 1. The third-order valence-electron chi connectivity index (χ3n) is 2.92. The number of rotatable bonds is 7. The van der Waals surface area contributed by atoms with Crippen LogP contribution in [0.15, 0.2) is 18.2 Å². The monoisotopic (exact) mass is 257 g/mol. The zero-order valence-corrected chi connectivity index (χ0v) is 11.4. The van der Waals surface area contributed by atoms with Crippen LogP contribution < -0.4 is 5.32 Å². The first kappa shape index (κ1) is 14.5. The van der Waals surface area contributed by atoms with Crippen LogP contribution >= 0.6 is 11.6 Å². The van der Waals surface area contributed by atoms with Crippen molar-refractivity contribution in [2.24, 2.45) is 0 Å². The second-order valence-electron chi connectivity index (χ2n) is 4.41. The molecule has 1 unspecified atom stereocenters. The molecule has 0 aliphatic rings. The Balaban J connectivity index is 2.36. The maximum atomic E-state index is 13.0. The van der Waals surface area contributed by atoms with Gasteiger partial charge in [0.15, 0.2) is 0 Å². The second kappa shape index (κ2) is 7.67. The highest BCUT2D eigenvalue weighted by atomic mass is 35.5. The van der Waals surface area contributed by atoms with Gasteiger partial charge in [0, 0.05) is 6.04 Å². The minimum Gasteiger partial charge on any atom is -0.310 e. The largest absolute Gasteiger partial charge is 0.310 e. The highest BCUT2D eigenvalue weighted by Gasteiger charge is 2.07. The van der Waals surface area contributed by atoms with Gasteiger partial charge in [0.25, 0.3) is 0 Å². The molecule has 17 heavy (non-hydrogen) atoms. The van der Waals surface area contributed by atoms with Crippen molar-refractivity contribution >= 4 is 11.6 Å². The van der Waals surface area contributed by atoms with E-state index >= 15 is 0 Å². The van der Waals surface area contributed by atoms with Crippen molar-refractivity contribution in [1.82, 2.24) is 5.32 Å². The van der Waals surface area contributed by atoms with Crippen LogP contribution in [0.2, 0.25) is 5.02 Å². The maximum absolute atomic E-state index is 13.0. The van der Waals surface area contributed by atoms with Crippen molar-refractivity contribution in [1.29, 1.82) is 0 Å². The Morgan fingerprint density at radius 1 is 1.29 bits per heavy atom. The summed E-state index contributed by atoms with van der Waals surface area (Å²) in [5, 5.41) is 3.62. The Labute approximate surface area is 108 Å². The van der Waals surface area contributed by atoms with Gasteiger partial charge in [-0.3, -0.25) is 0 Å². The minimum atomic E-state index is -0.356. The summed E-state index contributed by atoms with van der Waals surface area (Å²) in [5.74, 6) is -0.356. The fraction of sp³-hybridized carbons (Fsp3) is 0.571. The van der Waals surface area contributed by atoms with Crippen LogP contribution in [-0.2, 0) is 0 Å². The van der Waals surface area contributed by atoms with Crippen LogP contribution in [0.5, 0.6) is 0 Å². The summed E-state index contributed by atoms with van der Waals surface area (Å²) in [6.07, 6.45) is 5.00. The van der Waals surface area contributed by atoms with Crippen molar-refractivity contribution in [2.45, 2.75) is 45.6 Å². The van der Waals surface area contributed by atoms with Gasteiger partial charge in [-0.1, -0.05) is 43.9 Å². The molecule has 96 valence electrons. The first-order valence-electron chi connectivity index (χ1n) is 6.33. The van der Waals surface area contributed by atoms with Gasteiger partial charge in [0.2, 0.25) is 0 Å². The van der Waals surface area contributed by atoms with Gasteiger partial charge in [-0.05, 0) is 37.6 Å². The summed E-state index contributed by atoms with van der Waals surface area (Å²) in [7, 11) is 0. The van der Waals surface area contributed by atoms with Crippen LogP contribution in [0.3, 0.4) is 0 Å². The van der Waals surface area contributed by atoms with Crippen LogP contribution in [-0.4, -0.2) is 6.54 Å². The molecule has 1 N–H and O–H groups in total. The summed E-state index contributed by atoms with van der Waals surface area (Å²) < 4.78 is 13.0. The van der Waals surface area contributed by atoms with Gasteiger partial charge in [-0.2, -0.15) is 0 Å². The van der Waals surface area contributed by atoms with Gasteiger partial charge in [0.05, 0.1) is 5.02 Å². The fourth-order valence-corrected chi connectivity index (χ4v) is 1.96. The van der Waals surface area contributed by atoms with E-state index in [9.17, 15) is 4.39 Å². The normalized spacial score (nSPS) is 12.7. The molecule has 0 aliphatic carbocycles. The molecule has 0 saturated carbocycles. The van der Waals surface area contributed by atoms with Gasteiger partial charge < -0.3 is 5.32 Å². The molecule has 0 radical (unpaired) electrons. The van der Waals surface area contributed by atoms with Crippen LogP contribution in [0.4, 0.5) is 4.39 Å². The molecule has 1 aromatic rings. The number of halogens is 2. The number of hydrogen-bond acceptors (Lipinski definition) is 1. The first-order valence-corrected chi connectivity index (χ1v) is 6.71. The predicted octanol–water partition coefficient (Wildman–Crippen LogP) is 4.71. The summed E-state index contributed by atoms with van der Waals surface area (Å²) in [4.78, 5) is 0. The lowest BCUT2D eigenvalue weighted by Crippen LogP contribution is -2.19. The van der Waals surface area contributed by atoms with Crippen molar-refractivity contribution in [3.8, 4) is 0 Å². The highest BCUT2D eigenvalue weighted by molar-refractivity contribution is 6.30. The topological polar surface area (TPSA) is 12.0 Å². The van der Waals surface area contributed by atoms with Crippen molar-refractivity contribution < 1.29 is 4.39 Å². The predicted molar refractivity (Wildman–Crippen MR) is 72.0 cm³/mol. The molecule has 3 heteroatoms. The molecule has 1 aromatic carbocycles. The standard InChI is InChI=1S/C14H21ClFN/c1-3-4-5-6-9-17-11(2)12-7-8-14(16)13(15)10-12/h7-8,10-11,17H,3-6,9H2,1-2H3. The molecule has 0 aromatic heterocycles. The Morgan fingerprint density at radius 2 is 2.06 bits per heavy atom. The summed E-state index contributed by atoms with van der Waals surface area (Å²) in [6.45, 7) is 5.27. The molecule has 1 atom stereocenters. The SMILES string of the molecule is CCCCCCNC(C)c1ccc(F)c(Cl)c1. The third kappa shape index (κ3) is 5.05. The lowest BCUT2D eigenvalue weighted by molar-refractivity contribution is 0.535. The highest BCUT2D eigenvalue weighted by Crippen LogP contribution is 2.20. The number of hydrogen-bond donors (Lipinski definition) is 1. The zero-order chi connectivity index (χ0) is 12.7. The van der Waals surface area contributed by atoms with Gasteiger partial charge in [-0.25, -0.2) is 4.39 Å². The van der Waals surface area contributed by atoms with Crippen LogP contribution in [0.1, 0.15) is 51.1 Å². The van der Waals surface area contributed by atoms with Crippen molar-refractivity contribution in [2.75, 3.05) is 6.54 Å². The Morgan fingerprint density at radius 3 is 2.71 bits per heavy atom. The van der Waals surface area contributed by atoms with Crippen molar-refractivity contribution in [3.05, 3.63) is 34.6 Å². The van der Waals surface area contributed by atoms with Crippen molar-refractivity contribution in [3.63, 3.8) is 0 Å². The van der Waals surface area contributed by atoms with E-state index in [-0.39, 0.29) is 16.9 Å². The number of unbranched alkanes of at least 4 members (excludes halogenated alkanes) is 3. The van der Waals surface area contributed by atoms with Gasteiger partial charge >= 0.3 is 0 Å². The molecule has 0 bridgehead atoms. The average Bonchev–Trinajstić information content (AvgIpc) is 2.32. The van der Waals surface area contributed by atoms with E-state index < -0.39 is 0 Å². The second-order valence-corrected chi connectivity index (χ2v) is 4.82. The third-order valence-corrected chi connectivity index (χ3v) is 3.21. The summed E-state index contributed by atoms with van der Waals surface area (Å²) >= 11 is 5.76. The number of nitrogens with one attached hydrogen (secondary N) is 1. The van der Waals surface area contributed by atoms with E-state index in [2.05, 4.69) is 19.2 Å². The van der Waals surface area contributed by atoms with E-state index in [1.165, 1.54) is 31.7 Å². The molecule has 0 fully saturated rings. The minimum absolute atomic E-state index is 0.196. The van der Waals surface area contributed by atoms with E-state index in [1.54, 1.807) is 12.1 Å². The Bertz CT molecular complexity index is 341. The quantitative estimate of drug-likeness (QED) is 0.698. The smallest absolute Gasteiger partial charge is 0.141 e. The molecule has 0 amide bonds. The lowest BCUT2D eigenvalue weighted by atomic mass is 10.1. The van der Waals surface area contributed by atoms with E-state index in [1.807, 2.05) is 0 Å². The molecule has 1 rings (SSSR count). The average molecular weight is 258 g/mol. The van der Waals surface area contributed by atoms with E-state index in [4.69, 9.17) is 11.6 Å². The Hall–Kier alpha value is -0.600. The molecular weight excluding hydrogens is 237 g/mol. The molecule has 0 heterocycles. The zero-order valence-electron chi connectivity index (χ0n) is 10.6. The summed E-state index contributed by atoms with van der Waals surface area (Å²) in [6, 6.07) is 5.12. The summed E-state index contributed by atoms with van der Waals surface area (Å²) in [5.41, 5.74) is 1.03. The first-order chi connectivity index (χ1) is 8.15. The van der Waals surface area contributed by atoms with Gasteiger partial charge in [-0.15, -0.1) is 0 Å². The van der Waals surface area contributed by atoms with E-state index in [0.717, 1.165) is 12.1 Å². The van der Waals surface area contributed by atoms with Crippen LogP contribution in [0, 0.1) is 5.82 Å². The Kier molecular flexibility index (Phi) is 6.53. The van der Waals surface area contributed by atoms with Crippen LogP contribution in [0.25, 0.3) is 0 Å². The van der Waals surface area contributed by atoms with E-state index in [0.29, 0.717) is 0 Å². The molecule has 0 aliphatic heterocycles. The molecular formula is C14H21ClFN. The fourth-order valence-electron chi connectivity index (χ4n) is 1.77. The maximum Gasteiger partial charge on any atom is 0.141 e. The molecule has 1 nitrogen and oxygen atoms in total. The molecule has 0 spiro atoms. The molecule has 0 saturated heterocycles.